The molecule has 2 aromatic rings. The van der Waals surface area contributed by atoms with Gasteiger partial charge in [0.25, 0.3) is 0 Å². The highest BCUT2D eigenvalue weighted by atomic mass is 16.6. The minimum atomic E-state index is -1.17. The molecular formula is C28H34N4O5. The van der Waals surface area contributed by atoms with Crippen molar-refractivity contribution in [3.63, 3.8) is 0 Å². The fourth-order valence-corrected chi connectivity index (χ4v) is 3.64. The molecule has 0 spiro atoms. The van der Waals surface area contributed by atoms with Crippen molar-refractivity contribution in [2.45, 2.75) is 57.8 Å². The van der Waals surface area contributed by atoms with Crippen LogP contribution in [0.15, 0.2) is 54.6 Å². The third-order valence-corrected chi connectivity index (χ3v) is 5.37. The van der Waals surface area contributed by atoms with Crippen molar-refractivity contribution < 1.29 is 23.9 Å². The highest BCUT2D eigenvalue weighted by Crippen LogP contribution is 2.25. The van der Waals surface area contributed by atoms with Gasteiger partial charge in [-0.2, -0.15) is 0 Å². The van der Waals surface area contributed by atoms with Crippen molar-refractivity contribution >= 4 is 23.8 Å². The highest BCUT2D eigenvalue weighted by Gasteiger charge is 2.35. The van der Waals surface area contributed by atoms with E-state index < -0.39 is 41.5 Å². The number of hydrogen-bond acceptors (Lipinski definition) is 5. The molecule has 4 amide bonds. The van der Waals surface area contributed by atoms with Gasteiger partial charge in [-0.05, 0) is 44.4 Å². The average Bonchev–Trinajstić information content (AvgIpc) is 2.84. The number of carbonyl (C=O) groups is 4. The highest BCUT2D eigenvalue weighted by molar-refractivity contribution is 5.92. The predicted octanol–water partition coefficient (Wildman–Crippen LogP) is 2.64. The van der Waals surface area contributed by atoms with Gasteiger partial charge in [0.1, 0.15) is 17.7 Å². The standard InChI is InChI=1S/C28H34N4O5/c1-6-20-14-10-11-15-21(20)24(25(34)30-18-19-12-8-7-9-13-19)32(5)26(35)22(16-17-23(29)33)31-27(36)37-28(2,3)4/h1,7-15,22,24H,16-18H2,2-5H3,(H2,29,33)(H,30,34)(H,31,36). The Bertz CT molecular complexity index is 1150. The van der Waals surface area contributed by atoms with E-state index in [2.05, 4.69) is 16.6 Å². The Balaban J connectivity index is 2.38. The van der Waals surface area contributed by atoms with E-state index in [0.717, 1.165) is 5.56 Å². The van der Waals surface area contributed by atoms with Gasteiger partial charge < -0.3 is 26.0 Å². The molecule has 37 heavy (non-hydrogen) atoms. The van der Waals surface area contributed by atoms with Gasteiger partial charge in [0.2, 0.25) is 17.7 Å². The van der Waals surface area contributed by atoms with E-state index in [0.29, 0.717) is 11.1 Å². The first-order valence-electron chi connectivity index (χ1n) is 11.8. The molecular weight excluding hydrogens is 472 g/mol. The molecule has 0 heterocycles. The predicted molar refractivity (Wildman–Crippen MR) is 140 cm³/mol. The van der Waals surface area contributed by atoms with Gasteiger partial charge >= 0.3 is 6.09 Å². The van der Waals surface area contributed by atoms with E-state index in [1.807, 2.05) is 30.3 Å². The molecule has 0 saturated carbocycles. The Morgan fingerprint density at radius 3 is 2.27 bits per heavy atom. The molecule has 0 aliphatic carbocycles. The van der Waals surface area contributed by atoms with E-state index in [1.54, 1.807) is 45.0 Å². The van der Waals surface area contributed by atoms with Crippen LogP contribution in [0.3, 0.4) is 0 Å². The van der Waals surface area contributed by atoms with Crippen LogP contribution < -0.4 is 16.4 Å². The average molecular weight is 507 g/mol. The van der Waals surface area contributed by atoms with Crippen molar-refractivity contribution in [2.24, 2.45) is 5.73 Å². The molecule has 2 atom stereocenters. The summed E-state index contributed by atoms with van der Waals surface area (Å²) in [4.78, 5) is 52.2. The SMILES string of the molecule is C#Cc1ccccc1C(C(=O)NCc1ccccc1)N(C)C(=O)C(CCC(N)=O)NC(=O)OC(C)(C)C. The van der Waals surface area contributed by atoms with E-state index in [9.17, 15) is 19.2 Å². The number of rotatable bonds is 10. The van der Waals surface area contributed by atoms with Crippen LogP contribution in [0, 0.1) is 12.3 Å². The van der Waals surface area contributed by atoms with Crippen LogP contribution in [0.1, 0.15) is 56.3 Å². The van der Waals surface area contributed by atoms with Crippen molar-refractivity contribution in [3.05, 3.63) is 71.3 Å². The van der Waals surface area contributed by atoms with E-state index in [4.69, 9.17) is 16.9 Å². The zero-order chi connectivity index (χ0) is 27.6. The number of nitrogens with zero attached hydrogens (tertiary/aromatic N) is 1. The summed E-state index contributed by atoms with van der Waals surface area (Å²) in [5.74, 6) is 0.842. The largest absolute Gasteiger partial charge is 0.444 e. The Labute approximate surface area is 217 Å². The number of nitrogens with one attached hydrogen (secondary N) is 2. The molecule has 0 aromatic heterocycles. The van der Waals surface area contributed by atoms with Crippen LogP contribution in [-0.2, 0) is 25.7 Å². The van der Waals surface area contributed by atoms with Crippen molar-refractivity contribution in [3.8, 4) is 12.3 Å². The smallest absolute Gasteiger partial charge is 0.408 e. The third-order valence-electron chi connectivity index (χ3n) is 5.37. The monoisotopic (exact) mass is 506 g/mol. The number of nitrogens with two attached hydrogens (primary N) is 1. The molecule has 0 bridgehead atoms. The molecule has 196 valence electrons. The molecule has 9 heteroatoms. The summed E-state index contributed by atoms with van der Waals surface area (Å²) in [5.41, 5.74) is 6.24. The molecule has 2 rings (SSSR count). The molecule has 0 aliphatic rings. The first kappa shape index (κ1) is 28.9. The number of alkyl carbamates (subject to hydrolysis) is 1. The minimum Gasteiger partial charge on any atom is -0.444 e. The van der Waals surface area contributed by atoms with Crippen molar-refractivity contribution in [1.82, 2.24) is 15.5 Å². The van der Waals surface area contributed by atoms with Crippen molar-refractivity contribution in [2.75, 3.05) is 7.05 Å². The summed E-state index contributed by atoms with van der Waals surface area (Å²) >= 11 is 0. The molecule has 2 unspecified atom stereocenters. The lowest BCUT2D eigenvalue weighted by Crippen LogP contribution is -2.52. The fourth-order valence-electron chi connectivity index (χ4n) is 3.64. The zero-order valence-corrected chi connectivity index (χ0v) is 21.6. The first-order valence-corrected chi connectivity index (χ1v) is 11.8. The van der Waals surface area contributed by atoms with Gasteiger partial charge in [0.15, 0.2) is 0 Å². The fraction of sp³-hybridized carbons (Fsp3) is 0.357. The number of hydrogen-bond donors (Lipinski definition) is 3. The number of carbonyl (C=O) groups excluding carboxylic acids is 4. The summed E-state index contributed by atoms with van der Waals surface area (Å²) in [6.45, 7) is 5.28. The lowest BCUT2D eigenvalue weighted by molar-refractivity contribution is -0.141. The lowest BCUT2D eigenvalue weighted by atomic mass is 9.97. The van der Waals surface area contributed by atoms with E-state index >= 15 is 0 Å². The first-order chi connectivity index (χ1) is 17.4. The lowest BCUT2D eigenvalue weighted by Gasteiger charge is -2.32. The number of likely N-dealkylation sites (N-methyl/N-ethyl adjacent to an activating group) is 1. The molecule has 0 radical (unpaired) electrons. The maximum absolute atomic E-state index is 13.6. The summed E-state index contributed by atoms with van der Waals surface area (Å²) in [6, 6.07) is 13.8. The quantitative estimate of drug-likeness (QED) is 0.427. The summed E-state index contributed by atoms with van der Waals surface area (Å²) < 4.78 is 5.28. The second-order valence-electron chi connectivity index (χ2n) is 9.49. The van der Waals surface area contributed by atoms with Gasteiger partial charge in [-0.15, -0.1) is 6.42 Å². The van der Waals surface area contributed by atoms with Crippen LogP contribution in [-0.4, -0.2) is 47.4 Å². The normalized spacial score (nSPS) is 12.4. The minimum absolute atomic E-state index is 0.0765. The summed E-state index contributed by atoms with van der Waals surface area (Å²) in [5, 5.41) is 5.37. The van der Waals surface area contributed by atoms with E-state index in [-0.39, 0.29) is 19.4 Å². The van der Waals surface area contributed by atoms with Crippen LogP contribution in [0.25, 0.3) is 0 Å². The number of primary amides is 1. The van der Waals surface area contributed by atoms with Gasteiger partial charge in [-0.3, -0.25) is 14.4 Å². The van der Waals surface area contributed by atoms with Gasteiger partial charge in [0, 0.05) is 25.6 Å². The van der Waals surface area contributed by atoms with Crippen LogP contribution in [0.4, 0.5) is 4.79 Å². The van der Waals surface area contributed by atoms with Crippen molar-refractivity contribution in [1.29, 1.82) is 0 Å². The van der Waals surface area contributed by atoms with E-state index in [1.165, 1.54) is 11.9 Å². The van der Waals surface area contributed by atoms with Crippen LogP contribution >= 0.6 is 0 Å². The Morgan fingerprint density at radius 2 is 1.68 bits per heavy atom. The molecule has 4 N–H and O–H groups in total. The van der Waals surface area contributed by atoms with Crippen LogP contribution in [0.5, 0.6) is 0 Å². The number of terminal acetylenes is 1. The molecule has 0 aliphatic heterocycles. The molecule has 0 fully saturated rings. The zero-order valence-electron chi connectivity index (χ0n) is 21.6. The summed E-state index contributed by atoms with van der Waals surface area (Å²) in [6.07, 6.45) is 4.61. The third kappa shape index (κ3) is 9.00. The molecule has 2 aromatic carbocycles. The topological polar surface area (TPSA) is 131 Å². The molecule has 9 nitrogen and oxygen atoms in total. The Kier molecular flexibility index (Phi) is 10.3. The molecule has 0 saturated heterocycles. The van der Waals surface area contributed by atoms with Gasteiger partial charge in [-0.1, -0.05) is 54.5 Å². The van der Waals surface area contributed by atoms with Gasteiger partial charge in [-0.25, -0.2) is 4.79 Å². The maximum Gasteiger partial charge on any atom is 0.408 e. The summed E-state index contributed by atoms with van der Waals surface area (Å²) in [7, 11) is 1.44. The second-order valence-corrected chi connectivity index (χ2v) is 9.49. The van der Waals surface area contributed by atoms with Gasteiger partial charge in [0.05, 0.1) is 0 Å². The number of ether oxygens (including phenoxy) is 1. The number of benzene rings is 2. The Hall–Kier alpha value is -4.32. The number of amides is 4. The maximum atomic E-state index is 13.6. The van der Waals surface area contributed by atoms with Crippen LogP contribution in [0.2, 0.25) is 0 Å². The Morgan fingerprint density at radius 1 is 1.05 bits per heavy atom. The second kappa shape index (κ2) is 13.1.